The summed E-state index contributed by atoms with van der Waals surface area (Å²) in [6.45, 7) is 4.71. The Balaban J connectivity index is 1.28. The van der Waals surface area contributed by atoms with E-state index >= 15 is 0 Å². The van der Waals surface area contributed by atoms with Crippen LogP contribution >= 0.6 is 0 Å². The Morgan fingerprint density at radius 3 is 1.64 bits per heavy atom. The molecule has 0 heterocycles. The molecule has 0 unspecified atom stereocenters. The SMILES string of the molecule is CC1(C)c2ccccc2-c2cc(-c3c(-c4ccccc4)cccc3N(c3ccc(-c4ccccc4)c(-c4ccccc4)c3)c3cccc4ccccc34)ccc21. The molecule has 0 atom stereocenters. The van der Waals surface area contributed by atoms with Crippen LogP contribution in [-0.2, 0) is 5.41 Å². The largest absolute Gasteiger partial charge is 0.309 e. The van der Waals surface area contributed by atoms with Crippen molar-refractivity contribution in [3.63, 3.8) is 0 Å². The standard InChI is InChI=1S/C55H41N/c1-55(2)50-29-15-14-27-47(50)49-36-42(32-35-51(49)55)54-46(40-20-8-4-9-21-40)28-17-31-53(54)56(52-30-16-25-39-24-12-13-26-45(39)52)43-33-34-44(38-18-6-3-7-19-38)48(37-43)41-22-10-5-11-23-41/h3-37H,1-2H3. The van der Waals surface area contributed by atoms with Crippen LogP contribution in [0.5, 0.6) is 0 Å². The normalized spacial score (nSPS) is 12.6. The van der Waals surface area contributed by atoms with Crippen LogP contribution in [0.1, 0.15) is 25.0 Å². The molecule has 0 bridgehead atoms. The number of benzene rings is 9. The molecule has 0 N–H and O–H groups in total. The van der Waals surface area contributed by atoms with Crippen LogP contribution in [-0.4, -0.2) is 0 Å². The van der Waals surface area contributed by atoms with Gasteiger partial charge in [-0.15, -0.1) is 0 Å². The van der Waals surface area contributed by atoms with Crippen molar-refractivity contribution in [2.24, 2.45) is 0 Å². The minimum absolute atomic E-state index is 0.0738. The summed E-state index contributed by atoms with van der Waals surface area (Å²) < 4.78 is 0. The molecule has 0 amide bonds. The summed E-state index contributed by atoms with van der Waals surface area (Å²) in [6.07, 6.45) is 0. The van der Waals surface area contributed by atoms with E-state index in [0.717, 1.165) is 17.1 Å². The second-order valence-electron chi connectivity index (χ2n) is 15.3. The molecule has 1 aliphatic carbocycles. The molecule has 0 saturated carbocycles. The molecule has 9 aromatic carbocycles. The smallest absolute Gasteiger partial charge is 0.0546 e. The molecule has 0 spiro atoms. The van der Waals surface area contributed by atoms with E-state index in [-0.39, 0.29) is 5.41 Å². The van der Waals surface area contributed by atoms with E-state index < -0.39 is 0 Å². The van der Waals surface area contributed by atoms with Crippen molar-refractivity contribution in [3.05, 3.63) is 223 Å². The average molecular weight is 716 g/mol. The molecule has 266 valence electrons. The predicted molar refractivity (Wildman–Crippen MR) is 238 cm³/mol. The van der Waals surface area contributed by atoms with Crippen molar-refractivity contribution in [2.45, 2.75) is 19.3 Å². The lowest BCUT2D eigenvalue weighted by Crippen LogP contribution is -2.15. The minimum atomic E-state index is -0.0738. The lowest BCUT2D eigenvalue weighted by Gasteiger charge is -2.31. The van der Waals surface area contributed by atoms with Gasteiger partial charge in [0.2, 0.25) is 0 Å². The van der Waals surface area contributed by atoms with Crippen LogP contribution in [0.3, 0.4) is 0 Å². The first-order valence-electron chi connectivity index (χ1n) is 19.5. The maximum absolute atomic E-state index is 2.50. The summed E-state index contributed by atoms with van der Waals surface area (Å²) in [5.41, 5.74) is 18.2. The molecule has 10 rings (SSSR count). The summed E-state index contributed by atoms with van der Waals surface area (Å²) in [7, 11) is 0. The van der Waals surface area contributed by atoms with E-state index in [2.05, 4.69) is 231 Å². The molecule has 1 nitrogen and oxygen atoms in total. The number of fused-ring (bicyclic) bond motifs is 4. The molecule has 9 aromatic rings. The van der Waals surface area contributed by atoms with Gasteiger partial charge in [0.15, 0.2) is 0 Å². The lowest BCUT2D eigenvalue weighted by molar-refractivity contribution is 0.660. The first kappa shape index (κ1) is 33.6. The van der Waals surface area contributed by atoms with Gasteiger partial charge in [0.1, 0.15) is 0 Å². The zero-order chi connectivity index (χ0) is 37.6. The third-order valence-electron chi connectivity index (χ3n) is 11.7. The summed E-state index contributed by atoms with van der Waals surface area (Å²) >= 11 is 0. The van der Waals surface area contributed by atoms with Gasteiger partial charge in [-0.3, -0.25) is 0 Å². The van der Waals surface area contributed by atoms with Gasteiger partial charge < -0.3 is 4.90 Å². The van der Waals surface area contributed by atoms with Gasteiger partial charge in [0.05, 0.1) is 11.4 Å². The molecule has 0 fully saturated rings. The topological polar surface area (TPSA) is 3.24 Å². The number of nitrogens with zero attached hydrogens (tertiary/aromatic N) is 1. The summed E-state index contributed by atoms with van der Waals surface area (Å²) in [5.74, 6) is 0. The van der Waals surface area contributed by atoms with Crippen LogP contribution < -0.4 is 4.90 Å². The predicted octanol–water partition coefficient (Wildman–Crippen LogP) is 15.3. The third-order valence-corrected chi connectivity index (χ3v) is 11.7. The third kappa shape index (κ3) is 5.63. The Morgan fingerprint density at radius 1 is 0.339 bits per heavy atom. The first-order valence-corrected chi connectivity index (χ1v) is 19.5. The highest BCUT2D eigenvalue weighted by Crippen LogP contribution is 2.53. The van der Waals surface area contributed by atoms with Crippen LogP contribution in [0, 0.1) is 0 Å². The lowest BCUT2D eigenvalue weighted by atomic mass is 9.82. The van der Waals surface area contributed by atoms with E-state index in [9.17, 15) is 0 Å². The molecule has 0 aromatic heterocycles. The van der Waals surface area contributed by atoms with Gasteiger partial charge in [0.25, 0.3) is 0 Å². The zero-order valence-electron chi connectivity index (χ0n) is 31.7. The van der Waals surface area contributed by atoms with Crippen LogP contribution in [0.2, 0.25) is 0 Å². The minimum Gasteiger partial charge on any atom is -0.309 e. The number of anilines is 3. The van der Waals surface area contributed by atoms with Crippen molar-refractivity contribution in [2.75, 3.05) is 4.90 Å². The number of hydrogen-bond donors (Lipinski definition) is 0. The molecule has 1 heteroatoms. The zero-order valence-corrected chi connectivity index (χ0v) is 31.7. The van der Waals surface area contributed by atoms with Gasteiger partial charge in [-0.05, 0) is 96.9 Å². The second-order valence-corrected chi connectivity index (χ2v) is 15.3. The highest BCUT2D eigenvalue weighted by atomic mass is 15.1. The molecule has 0 saturated heterocycles. The van der Waals surface area contributed by atoms with Crippen molar-refractivity contribution in [3.8, 4) is 55.6 Å². The fraction of sp³-hybridized carbons (Fsp3) is 0.0545. The second kappa shape index (κ2) is 13.7. The highest BCUT2D eigenvalue weighted by molar-refractivity contribution is 6.04. The summed E-state index contributed by atoms with van der Waals surface area (Å²) in [4.78, 5) is 2.50. The fourth-order valence-corrected chi connectivity index (χ4v) is 8.97. The van der Waals surface area contributed by atoms with Crippen LogP contribution in [0.15, 0.2) is 212 Å². The average Bonchev–Trinajstić information content (AvgIpc) is 3.50. The van der Waals surface area contributed by atoms with Gasteiger partial charge in [-0.25, -0.2) is 0 Å². The fourth-order valence-electron chi connectivity index (χ4n) is 8.97. The van der Waals surface area contributed by atoms with Crippen LogP contribution in [0.4, 0.5) is 17.1 Å². The van der Waals surface area contributed by atoms with Crippen molar-refractivity contribution in [1.82, 2.24) is 0 Å². The first-order chi connectivity index (χ1) is 27.6. The van der Waals surface area contributed by atoms with Gasteiger partial charge in [-0.1, -0.05) is 196 Å². The van der Waals surface area contributed by atoms with E-state index in [1.54, 1.807) is 0 Å². The van der Waals surface area contributed by atoms with E-state index in [1.165, 1.54) is 77.5 Å². The quantitative estimate of drug-likeness (QED) is 0.159. The van der Waals surface area contributed by atoms with Gasteiger partial charge in [0, 0.05) is 22.1 Å². The maximum Gasteiger partial charge on any atom is 0.0546 e. The van der Waals surface area contributed by atoms with Crippen LogP contribution in [0.25, 0.3) is 66.4 Å². The van der Waals surface area contributed by atoms with E-state index in [0.29, 0.717) is 0 Å². The molecule has 0 radical (unpaired) electrons. The Morgan fingerprint density at radius 2 is 0.893 bits per heavy atom. The summed E-state index contributed by atoms with van der Waals surface area (Å²) in [5, 5.41) is 2.40. The van der Waals surface area contributed by atoms with Crippen molar-refractivity contribution < 1.29 is 0 Å². The Labute approximate surface area is 329 Å². The Kier molecular flexibility index (Phi) is 8.23. The Hall–Kier alpha value is -6.96. The van der Waals surface area contributed by atoms with Crippen molar-refractivity contribution >= 4 is 27.8 Å². The molecule has 0 aliphatic heterocycles. The number of hydrogen-bond acceptors (Lipinski definition) is 1. The molecular weight excluding hydrogens is 675 g/mol. The summed E-state index contributed by atoms with van der Waals surface area (Å²) in [6, 6.07) is 77.8. The van der Waals surface area contributed by atoms with Crippen molar-refractivity contribution in [1.29, 1.82) is 0 Å². The molecule has 1 aliphatic rings. The van der Waals surface area contributed by atoms with Gasteiger partial charge in [-0.2, -0.15) is 0 Å². The van der Waals surface area contributed by atoms with E-state index in [4.69, 9.17) is 0 Å². The number of rotatable bonds is 7. The maximum atomic E-state index is 2.50. The Bertz CT molecular complexity index is 2860. The molecular formula is C55H41N. The highest BCUT2D eigenvalue weighted by Gasteiger charge is 2.35. The van der Waals surface area contributed by atoms with Gasteiger partial charge >= 0.3 is 0 Å². The molecule has 56 heavy (non-hydrogen) atoms. The monoisotopic (exact) mass is 715 g/mol. The van der Waals surface area contributed by atoms with E-state index in [1.807, 2.05) is 0 Å².